The molecular weight excluding hydrogens is 495 g/mol. The molecule has 3 aromatic heterocycles. The van der Waals surface area contributed by atoms with Gasteiger partial charge < -0.3 is 0 Å². The summed E-state index contributed by atoms with van der Waals surface area (Å²) >= 11 is 1.43. The Hall–Kier alpha value is -3.16. The number of alkyl halides is 1. The molecule has 1 saturated carbocycles. The third-order valence-corrected chi connectivity index (χ3v) is 8.52. The lowest BCUT2D eigenvalue weighted by atomic mass is 10.2. The fourth-order valence-corrected chi connectivity index (χ4v) is 6.24. The minimum Gasteiger partial charge on any atom is -0.288 e. The first-order valence-corrected chi connectivity index (χ1v) is 13.2. The van der Waals surface area contributed by atoms with Crippen molar-refractivity contribution in [3.8, 4) is 0 Å². The number of nitrogens with one attached hydrogen (secondary N) is 1. The summed E-state index contributed by atoms with van der Waals surface area (Å²) in [5.74, 6) is 0. The summed E-state index contributed by atoms with van der Waals surface area (Å²) in [5, 5.41) is 5.00. The highest BCUT2D eigenvalue weighted by atomic mass is 32.2. The molecule has 1 aromatic carbocycles. The molecule has 4 aromatic rings. The van der Waals surface area contributed by atoms with Gasteiger partial charge in [0.15, 0.2) is 0 Å². The van der Waals surface area contributed by atoms with Crippen molar-refractivity contribution >= 4 is 32.3 Å². The fraction of sp³-hybridized carbons (Fsp3) is 0.364. The highest BCUT2D eigenvalue weighted by Gasteiger charge is 2.46. The maximum absolute atomic E-state index is 13.5. The number of hydrogen-bond donors (Lipinski definition) is 1. The van der Waals surface area contributed by atoms with E-state index in [1.165, 1.54) is 34.1 Å². The first kappa shape index (κ1) is 23.6. The van der Waals surface area contributed by atoms with Gasteiger partial charge in [-0.3, -0.25) is 18.6 Å². The van der Waals surface area contributed by atoms with Gasteiger partial charge in [0.05, 0.1) is 45.6 Å². The van der Waals surface area contributed by atoms with E-state index in [9.17, 15) is 22.4 Å². The SMILES string of the molecule is Cc1ncc(Cn2c(=O)n(Cc3cnn(C)c3)c(=O)c3cc(S(=O)(=O)NC4(CF)CC4)ccc32)s1. The average Bonchev–Trinajstić information content (AvgIpc) is 3.26. The standard InChI is InChI=1S/C22H23FN6O4S2/c1-14-24-9-16(34-14)12-28-19-4-3-17(35(32,33)26-22(13-23)5-6-22)7-18(19)20(30)29(21(28)31)11-15-8-25-27(2)10-15/h3-4,7-10,26H,5-6,11-13H2,1-2H3. The number of thiazole rings is 1. The lowest BCUT2D eigenvalue weighted by Crippen LogP contribution is -2.41. The van der Waals surface area contributed by atoms with Crippen molar-refractivity contribution < 1.29 is 12.8 Å². The molecule has 10 nitrogen and oxygen atoms in total. The number of rotatable bonds is 8. The van der Waals surface area contributed by atoms with Crippen molar-refractivity contribution in [2.75, 3.05) is 6.67 Å². The van der Waals surface area contributed by atoms with E-state index in [1.807, 2.05) is 6.92 Å². The second kappa shape index (κ2) is 8.50. The number of benzene rings is 1. The Kier molecular flexibility index (Phi) is 5.73. The van der Waals surface area contributed by atoms with Crippen LogP contribution in [0.4, 0.5) is 4.39 Å². The third kappa shape index (κ3) is 4.46. The Bertz CT molecular complexity index is 1660. The van der Waals surface area contributed by atoms with E-state index in [2.05, 4.69) is 14.8 Å². The molecule has 184 valence electrons. The molecule has 0 unspecified atom stereocenters. The van der Waals surface area contributed by atoms with Gasteiger partial charge in [-0.1, -0.05) is 0 Å². The molecule has 0 radical (unpaired) electrons. The van der Waals surface area contributed by atoms with Crippen molar-refractivity contribution in [2.24, 2.45) is 7.05 Å². The zero-order chi connectivity index (χ0) is 25.0. The number of hydrogen-bond acceptors (Lipinski definition) is 7. The van der Waals surface area contributed by atoms with Crippen LogP contribution in [0, 0.1) is 6.92 Å². The number of aryl methyl sites for hydroxylation is 2. The van der Waals surface area contributed by atoms with Gasteiger partial charge in [0.25, 0.3) is 5.56 Å². The van der Waals surface area contributed by atoms with Crippen LogP contribution in [0.5, 0.6) is 0 Å². The summed E-state index contributed by atoms with van der Waals surface area (Å²) in [4.78, 5) is 31.8. The van der Waals surface area contributed by atoms with Gasteiger partial charge in [-0.25, -0.2) is 27.3 Å². The quantitative estimate of drug-likeness (QED) is 0.378. The summed E-state index contributed by atoms with van der Waals surface area (Å²) in [6.07, 6.45) is 5.77. The molecule has 0 bridgehead atoms. The second-order valence-corrected chi connectivity index (χ2v) is 11.8. The minimum absolute atomic E-state index is 0.0244. The van der Waals surface area contributed by atoms with Crippen molar-refractivity contribution in [1.29, 1.82) is 0 Å². The van der Waals surface area contributed by atoms with Crippen LogP contribution >= 0.6 is 11.3 Å². The number of fused-ring (bicyclic) bond motifs is 1. The first-order valence-electron chi connectivity index (χ1n) is 10.9. The van der Waals surface area contributed by atoms with E-state index >= 15 is 0 Å². The Morgan fingerprint density at radius 1 is 1.17 bits per heavy atom. The van der Waals surface area contributed by atoms with E-state index in [-0.39, 0.29) is 23.4 Å². The highest BCUT2D eigenvalue weighted by molar-refractivity contribution is 7.89. The molecule has 0 saturated heterocycles. The average molecular weight is 519 g/mol. The topological polar surface area (TPSA) is 121 Å². The van der Waals surface area contributed by atoms with E-state index in [1.54, 1.807) is 30.3 Å². The predicted octanol–water partition coefficient (Wildman–Crippen LogP) is 1.54. The lowest BCUT2D eigenvalue weighted by molar-refractivity contribution is 0.393. The highest BCUT2D eigenvalue weighted by Crippen LogP contribution is 2.37. The molecule has 1 aliphatic carbocycles. The zero-order valence-electron chi connectivity index (χ0n) is 19.1. The van der Waals surface area contributed by atoms with E-state index in [0.29, 0.717) is 23.9 Å². The van der Waals surface area contributed by atoms with E-state index < -0.39 is 33.5 Å². The summed E-state index contributed by atoms with van der Waals surface area (Å²) in [6, 6.07) is 4.03. The Morgan fingerprint density at radius 2 is 1.94 bits per heavy atom. The maximum Gasteiger partial charge on any atom is 0.332 e. The van der Waals surface area contributed by atoms with Gasteiger partial charge in [0.2, 0.25) is 10.0 Å². The Balaban J connectivity index is 1.68. The first-order chi connectivity index (χ1) is 16.6. The smallest absolute Gasteiger partial charge is 0.288 e. The van der Waals surface area contributed by atoms with Crippen LogP contribution in [-0.2, 0) is 30.2 Å². The van der Waals surface area contributed by atoms with Crippen LogP contribution in [0.2, 0.25) is 0 Å². The van der Waals surface area contributed by atoms with Gasteiger partial charge >= 0.3 is 5.69 Å². The molecule has 0 spiro atoms. The third-order valence-electron chi connectivity index (χ3n) is 6.05. The number of nitrogens with zero attached hydrogens (tertiary/aromatic N) is 5. The number of halogens is 1. The lowest BCUT2D eigenvalue weighted by Gasteiger charge is -2.16. The van der Waals surface area contributed by atoms with E-state index in [0.717, 1.165) is 14.5 Å². The molecule has 1 fully saturated rings. The van der Waals surface area contributed by atoms with Crippen LogP contribution in [0.15, 0.2) is 51.3 Å². The normalized spacial score (nSPS) is 15.1. The van der Waals surface area contributed by atoms with Crippen molar-refractivity contribution in [3.05, 3.63) is 73.1 Å². The summed E-state index contributed by atoms with van der Waals surface area (Å²) < 4.78 is 45.7. The molecule has 5 rings (SSSR count). The second-order valence-electron chi connectivity index (χ2n) is 8.83. The molecular formula is C22H23FN6O4S2. The van der Waals surface area contributed by atoms with Gasteiger partial charge in [-0.15, -0.1) is 11.3 Å². The van der Waals surface area contributed by atoms with Gasteiger partial charge in [0.1, 0.15) is 6.67 Å². The molecule has 13 heteroatoms. The van der Waals surface area contributed by atoms with Crippen LogP contribution in [0.25, 0.3) is 10.9 Å². The molecule has 3 heterocycles. The largest absolute Gasteiger partial charge is 0.332 e. The van der Waals surface area contributed by atoms with Crippen LogP contribution in [0.1, 0.15) is 28.3 Å². The molecule has 0 atom stereocenters. The minimum atomic E-state index is -4.07. The van der Waals surface area contributed by atoms with Crippen LogP contribution < -0.4 is 16.0 Å². The fourth-order valence-electron chi connectivity index (χ4n) is 3.99. The maximum atomic E-state index is 13.5. The molecule has 1 aliphatic rings. The number of aromatic nitrogens is 5. The van der Waals surface area contributed by atoms with Gasteiger partial charge in [-0.05, 0) is 38.0 Å². The Morgan fingerprint density at radius 3 is 2.54 bits per heavy atom. The Labute approximate surface area is 203 Å². The monoisotopic (exact) mass is 518 g/mol. The van der Waals surface area contributed by atoms with Crippen molar-refractivity contribution in [1.82, 2.24) is 28.6 Å². The van der Waals surface area contributed by atoms with Gasteiger partial charge in [0, 0.05) is 29.9 Å². The van der Waals surface area contributed by atoms with Crippen molar-refractivity contribution in [2.45, 2.75) is 43.3 Å². The molecule has 0 aliphatic heterocycles. The summed E-state index contributed by atoms with van der Waals surface area (Å²) in [6.45, 7) is 1.20. The van der Waals surface area contributed by atoms with E-state index in [4.69, 9.17) is 0 Å². The van der Waals surface area contributed by atoms with Crippen molar-refractivity contribution in [3.63, 3.8) is 0 Å². The predicted molar refractivity (Wildman–Crippen MR) is 129 cm³/mol. The van der Waals surface area contributed by atoms with Gasteiger partial charge in [-0.2, -0.15) is 5.10 Å². The summed E-state index contributed by atoms with van der Waals surface area (Å²) in [5.41, 5.74) is -1.26. The van der Waals surface area contributed by atoms with Crippen LogP contribution in [-0.4, -0.2) is 44.5 Å². The molecule has 35 heavy (non-hydrogen) atoms. The van der Waals surface area contributed by atoms with Crippen LogP contribution in [0.3, 0.4) is 0 Å². The number of sulfonamides is 1. The summed E-state index contributed by atoms with van der Waals surface area (Å²) in [7, 11) is -2.34. The zero-order valence-corrected chi connectivity index (χ0v) is 20.7. The molecule has 0 amide bonds. The molecule has 1 N–H and O–H groups in total.